The maximum Gasteiger partial charge on any atom is 0.123 e. The van der Waals surface area contributed by atoms with Crippen LogP contribution in [0.25, 0.3) is 0 Å². The number of piperazine rings is 1. The first-order valence-electron chi connectivity index (χ1n) is 8.92. The minimum atomic E-state index is 0.267. The summed E-state index contributed by atoms with van der Waals surface area (Å²) in [7, 11) is 0. The number of nitrogens with zero attached hydrogens (tertiary/aromatic N) is 2. The van der Waals surface area contributed by atoms with Gasteiger partial charge in [-0.3, -0.25) is 9.80 Å². The highest BCUT2D eigenvalue weighted by molar-refractivity contribution is 5.33. The van der Waals surface area contributed by atoms with E-state index >= 15 is 0 Å². The van der Waals surface area contributed by atoms with Crippen molar-refractivity contribution in [3.63, 3.8) is 0 Å². The van der Waals surface area contributed by atoms with Crippen molar-refractivity contribution in [2.24, 2.45) is 5.92 Å². The molecule has 1 aliphatic rings. The van der Waals surface area contributed by atoms with Crippen molar-refractivity contribution < 1.29 is 9.84 Å². The van der Waals surface area contributed by atoms with Gasteiger partial charge in [-0.2, -0.15) is 0 Å². The Hall–Kier alpha value is -1.10. The van der Waals surface area contributed by atoms with E-state index in [4.69, 9.17) is 4.74 Å². The fraction of sp³-hybridized carbons (Fsp3) is 0.684. The molecule has 1 aliphatic heterocycles. The van der Waals surface area contributed by atoms with Crippen molar-refractivity contribution >= 4 is 0 Å². The van der Waals surface area contributed by atoms with Crippen LogP contribution in [0.3, 0.4) is 0 Å². The summed E-state index contributed by atoms with van der Waals surface area (Å²) in [6.45, 7) is 12.7. The average molecular weight is 320 g/mol. The molecular formula is C19H32N2O2. The number of para-hydroxylation sites is 1. The molecule has 1 atom stereocenters. The molecule has 0 unspecified atom stereocenters. The Bertz CT molecular complexity index is 464. The van der Waals surface area contributed by atoms with Gasteiger partial charge in [0.2, 0.25) is 0 Å². The normalized spacial score (nSPS) is 20.1. The van der Waals surface area contributed by atoms with Gasteiger partial charge in [-0.25, -0.2) is 0 Å². The Morgan fingerprint density at radius 2 is 2.04 bits per heavy atom. The van der Waals surface area contributed by atoms with Crippen LogP contribution in [0.1, 0.15) is 32.8 Å². The molecule has 1 N–H and O–H groups in total. The molecule has 0 spiro atoms. The van der Waals surface area contributed by atoms with Crippen molar-refractivity contribution in [2.75, 3.05) is 39.4 Å². The third kappa shape index (κ3) is 5.48. The summed E-state index contributed by atoms with van der Waals surface area (Å²) in [6.07, 6.45) is 0.857. The maximum atomic E-state index is 9.40. The number of benzene rings is 1. The topological polar surface area (TPSA) is 35.9 Å². The zero-order valence-corrected chi connectivity index (χ0v) is 14.9. The standard InChI is InChI=1S/C19H32N2O2/c1-4-23-19-8-6-5-7-17(19)14-20-10-11-21(13-16(2)3)18(15-20)9-12-22/h5-8,16,18,22H,4,9-15H2,1-3H3/t18-/m1/s1. The fourth-order valence-corrected chi connectivity index (χ4v) is 3.40. The first kappa shape index (κ1) is 18.2. The van der Waals surface area contributed by atoms with Crippen LogP contribution < -0.4 is 4.74 Å². The molecular weight excluding hydrogens is 288 g/mol. The molecule has 0 aromatic heterocycles. The van der Waals surface area contributed by atoms with Gasteiger partial charge >= 0.3 is 0 Å². The second-order valence-corrected chi connectivity index (χ2v) is 6.83. The van der Waals surface area contributed by atoms with Gasteiger partial charge < -0.3 is 9.84 Å². The number of hydrogen-bond donors (Lipinski definition) is 1. The molecule has 0 saturated carbocycles. The molecule has 1 saturated heterocycles. The van der Waals surface area contributed by atoms with Gasteiger partial charge in [0, 0.05) is 50.9 Å². The van der Waals surface area contributed by atoms with Crippen LogP contribution >= 0.6 is 0 Å². The molecule has 1 heterocycles. The van der Waals surface area contributed by atoms with Gasteiger partial charge in [0.25, 0.3) is 0 Å². The zero-order valence-electron chi connectivity index (χ0n) is 14.9. The van der Waals surface area contributed by atoms with Crippen LogP contribution in [0.15, 0.2) is 24.3 Å². The van der Waals surface area contributed by atoms with Crippen molar-refractivity contribution in [3.05, 3.63) is 29.8 Å². The van der Waals surface area contributed by atoms with E-state index < -0.39 is 0 Å². The molecule has 1 fully saturated rings. The predicted molar refractivity (Wildman–Crippen MR) is 94.8 cm³/mol. The number of aliphatic hydroxyl groups excluding tert-OH is 1. The monoisotopic (exact) mass is 320 g/mol. The number of aliphatic hydroxyl groups is 1. The number of ether oxygens (including phenoxy) is 1. The molecule has 4 nitrogen and oxygen atoms in total. The highest BCUT2D eigenvalue weighted by Crippen LogP contribution is 2.22. The van der Waals surface area contributed by atoms with E-state index in [-0.39, 0.29) is 6.61 Å². The van der Waals surface area contributed by atoms with Crippen LogP contribution in [0.4, 0.5) is 0 Å². The molecule has 130 valence electrons. The first-order chi connectivity index (χ1) is 11.1. The van der Waals surface area contributed by atoms with Crippen LogP contribution in [0, 0.1) is 5.92 Å². The molecule has 23 heavy (non-hydrogen) atoms. The number of hydrogen-bond acceptors (Lipinski definition) is 4. The third-order valence-corrected chi connectivity index (χ3v) is 4.42. The highest BCUT2D eigenvalue weighted by atomic mass is 16.5. The predicted octanol–water partition coefficient (Wildman–Crippen LogP) is 2.61. The van der Waals surface area contributed by atoms with Gasteiger partial charge in [0.15, 0.2) is 0 Å². The van der Waals surface area contributed by atoms with Gasteiger partial charge in [-0.1, -0.05) is 32.0 Å². The maximum absolute atomic E-state index is 9.40. The lowest BCUT2D eigenvalue weighted by Gasteiger charge is -2.42. The van der Waals surface area contributed by atoms with Crippen LogP contribution in [0.2, 0.25) is 0 Å². The van der Waals surface area contributed by atoms with E-state index in [9.17, 15) is 5.11 Å². The van der Waals surface area contributed by atoms with Gasteiger partial charge in [0.05, 0.1) is 6.61 Å². The van der Waals surface area contributed by atoms with Crippen LogP contribution in [-0.4, -0.2) is 60.3 Å². The van der Waals surface area contributed by atoms with Crippen molar-refractivity contribution in [1.82, 2.24) is 9.80 Å². The fourth-order valence-electron chi connectivity index (χ4n) is 3.40. The van der Waals surface area contributed by atoms with E-state index in [2.05, 4.69) is 41.8 Å². The SMILES string of the molecule is CCOc1ccccc1CN1CCN(CC(C)C)[C@H](CCO)C1. The molecule has 1 aromatic rings. The summed E-state index contributed by atoms with van der Waals surface area (Å²) < 4.78 is 5.75. The molecule has 0 aliphatic carbocycles. The smallest absolute Gasteiger partial charge is 0.123 e. The Labute approximate surface area is 141 Å². The van der Waals surface area contributed by atoms with E-state index in [1.807, 2.05) is 13.0 Å². The summed E-state index contributed by atoms with van der Waals surface area (Å²) in [5.74, 6) is 1.67. The Kier molecular flexibility index (Phi) is 7.34. The van der Waals surface area contributed by atoms with Gasteiger partial charge in [0.1, 0.15) is 5.75 Å². The quantitative estimate of drug-likeness (QED) is 0.799. The largest absolute Gasteiger partial charge is 0.494 e. The van der Waals surface area contributed by atoms with E-state index in [0.29, 0.717) is 18.6 Å². The summed E-state index contributed by atoms with van der Waals surface area (Å²) in [4.78, 5) is 5.04. The lowest BCUT2D eigenvalue weighted by atomic mass is 10.1. The Morgan fingerprint density at radius 3 is 2.74 bits per heavy atom. The van der Waals surface area contributed by atoms with Crippen LogP contribution in [0.5, 0.6) is 5.75 Å². The summed E-state index contributed by atoms with van der Waals surface area (Å²) in [5.41, 5.74) is 1.26. The summed E-state index contributed by atoms with van der Waals surface area (Å²) >= 11 is 0. The van der Waals surface area contributed by atoms with E-state index in [0.717, 1.165) is 44.9 Å². The molecule has 0 bridgehead atoms. The lowest BCUT2D eigenvalue weighted by molar-refractivity contribution is 0.0473. The first-order valence-corrected chi connectivity index (χ1v) is 8.92. The van der Waals surface area contributed by atoms with Crippen molar-refractivity contribution in [3.8, 4) is 5.75 Å². The minimum Gasteiger partial charge on any atom is -0.494 e. The Morgan fingerprint density at radius 1 is 1.26 bits per heavy atom. The van der Waals surface area contributed by atoms with Crippen LogP contribution in [-0.2, 0) is 6.54 Å². The third-order valence-electron chi connectivity index (χ3n) is 4.42. The molecule has 4 heteroatoms. The van der Waals surface area contributed by atoms with Gasteiger partial charge in [-0.15, -0.1) is 0 Å². The summed E-state index contributed by atoms with van der Waals surface area (Å²) in [5, 5.41) is 9.40. The molecule has 1 aromatic carbocycles. The molecule has 0 amide bonds. The summed E-state index contributed by atoms with van der Waals surface area (Å²) in [6, 6.07) is 8.78. The van der Waals surface area contributed by atoms with E-state index in [1.165, 1.54) is 5.56 Å². The molecule has 0 radical (unpaired) electrons. The Balaban J connectivity index is 1.99. The molecule has 2 rings (SSSR count). The number of rotatable bonds is 8. The van der Waals surface area contributed by atoms with Crippen molar-refractivity contribution in [1.29, 1.82) is 0 Å². The minimum absolute atomic E-state index is 0.267. The van der Waals surface area contributed by atoms with E-state index in [1.54, 1.807) is 0 Å². The lowest BCUT2D eigenvalue weighted by Crippen LogP contribution is -2.53. The second-order valence-electron chi connectivity index (χ2n) is 6.83. The average Bonchev–Trinajstić information content (AvgIpc) is 2.52. The highest BCUT2D eigenvalue weighted by Gasteiger charge is 2.27. The van der Waals surface area contributed by atoms with Gasteiger partial charge in [-0.05, 0) is 25.3 Å². The van der Waals surface area contributed by atoms with Crippen molar-refractivity contribution in [2.45, 2.75) is 39.8 Å². The zero-order chi connectivity index (χ0) is 16.7. The second kappa shape index (κ2) is 9.26.